The Morgan fingerprint density at radius 3 is 2.50 bits per heavy atom. The summed E-state index contributed by atoms with van der Waals surface area (Å²) in [6, 6.07) is 0. The zero-order valence-corrected chi connectivity index (χ0v) is 13.2. The van der Waals surface area contributed by atoms with Crippen molar-refractivity contribution in [2.45, 2.75) is 43.5 Å². The maximum absolute atomic E-state index is 12.4. The first-order valence-electron chi connectivity index (χ1n) is 7.22. The average molecular weight is 324 g/mol. The van der Waals surface area contributed by atoms with E-state index in [1.54, 1.807) is 4.90 Å². The number of carbonyl (C=O) groups is 1. The van der Waals surface area contributed by atoms with Gasteiger partial charge in [0.15, 0.2) is 9.84 Å². The molecule has 116 valence electrons. The third kappa shape index (κ3) is 3.86. The van der Waals surface area contributed by atoms with Crippen LogP contribution in [0.3, 0.4) is 0 Å². The van der Waals surface area contributed by atoms with E-state index >= 15 is 0 Å². The zero-order chi connectivity index (χ0) is 14.6. The summed E-state index contributed by atoms with van der Waals surface area (Å²) in [6.45, 7) is 1.69. The van der Waals surface area contributed by atoms with Crippen molar-refractivity contribution in [2.24, 2.45) is 0 Å². The quantitative estimate of drug-likeness (QED) is 0.729. The minimum Gasteiger partial charge on any atom is -0.377 e. The van der Waals surface area contributed by atoms with E-state index in [1.165, 1.54) is 0 Å². The van der Waals surface area contributed by atoms with Crippen molar-refractivity contribution in [2.75, 3.05) is 31.3 Å². The van der Waals surface area contributed by atoms with E-state index < -0.39 is 15.1 Å². The van der Waals surface area contributed by atoms with Crippen molar-refractivity contribution in [3.63, 3.8) is 0 Å². The summed E-state index contributed by atoms with van der Waals surface area (Å²) in [5.41, 5.74) is 0. The number of ether oxygens (including phenoxy) is 1. The molecule has 5 nitrogen and oxygen atoms in total. The van der Waals surface area contributed by atoms with Crippen molar-refractivity contribution in [3.8, 4) is 0 Å². The molecular weight excluding hydrogens is 302 g/mol. The number of sulfone groups is 1. The van der Waals surface area contributed by atoms with Crippen LogP contribution < -0.4 is 0 Å². The Kier molecular flexibility index (Phi) is 5.69. The standard InChI is InChI=1S/C13H22ClNO4S/c14-6-9-19-11-4-7-15(8-5-11)13(16)12-3-1-2-10-20(12,17)18/h11-12H,1-10H2. The molecule has 0 N–H and O–H groups in total. The van der Waals surface area contributed by atoms with Crippen LogP contribution in [0, 0.1) is 0 Å². The number of amides is 1. The second kappa shape index (κ2) is 7.09. The van der Waals surface area contributed by atoms with Gasteiger partial charge in [-0.3, -0.25) is 4.79 Å². The highest BCUT2D eigenvalue weighted by molar-refractivity contribution is 7.92. The largest absolute Gasteiger partial charge is 0.377 e. The summed E-state index contributed by atoms with van der Waals surface area (Å²) >= 11 is 5.58. The molecular formula is C13H22ClNO4S. The van der Waals surface area contributed by atoms with Gasteiger partial charge < -0.3 is 9.64 Å². The molecule has 0 aromatic carbocycles. The second-order valence-electron chi connectivity index (χ2n) is 5.44. The molecule has 2 heterocycles. The van der Waals surface area contributed by atoms with Gasteiger partial charge in [-0.2, -0.15) is 0 Å². The molecule has 0 saturated carbocycles. The van der Waals surface area contributed by atoms with Gasteiger partial charge in [-0.25, -0.2) is 8.42 Å². The Morgan fingerprint density at radius 1 is 1.20 bits per heavy atom. The number of hydrogen-bond acceptors (Lipinski definition) is 4. The van der Waals surface area contributed by atoms with E-state index in [2.05, 4.69) is 0 Å². The molecule has 0 radical (unpaired) electrons. The van der Waals surface area contributed by atoms with E-state index in [-0.39, 0.29) is 17.8 Å². The summed E-state index contributed by atoms with van der Waals surface area (Å²) in [6.07, 6.45) is 3.64. The summed E-state index contributed by atoms with van der Waals surface area (Å²) in [4.78, 5) is 14.1. The van der Waals surface area contributed by atoms with E-state index in [4.69, 9.17) is 16.3 Å². The van der Waals surface area contributed by atoms with Crippen molar-refractivity contribution >= 4 is 27.3 Å². The maximum atomic E-state index is 12.4. The minimum atomic E-state index is -3.24. The van der Waals surface area contributed by atoms with Crippen LogP contribution in [-0.2, 0) is 19.4 Å². The Hall–Kier alpha value is -0.330. The van der Waals surface area contributed by atoms with Crippen molar-refractivity contribution in [1.29, 1.82) is 0 Å². The van der Waals surface area contributed by atoms with Crippen LogP contribution in [0.2, 0.25) is 0 Å². The summed E-state index contributed by atoms with van der Waals surface area (Å²) in [5.74, 6) is 0.415. The highest BCUT2D eigenvalue weighted by Crippen LogP contribution is 2.23. The molecule has 1 unspecified atom stereocenters. The van der Waals surface area contributed by atoms with Crippen molar-refractivity contribution in [1.82, 2.24) is 4.90 Å². The first kappa shape index (κ1) is 16.0. The number of hydrogen-bond donors (Lipinski definition) is 0. The van der Waals surface area contributed by atoms with E-state index in [1.807, 2.05) is 0 Å². The van der Waals surface area contributed by atoms with Gasteiger partial charge in [0.2, 0.25) is 5.91 Å². The van der Waals surface area contributed by atoms with Gasteiger partial charge in [-0.05, 0) is 25.7 Å². The molecule has 0 bridgehead atoms. The summed E-state index contributed by atoms with van der Waals surface area (Å²) in [5, 5.41) is -0.809. The van der Waals surface area contributed by atoms with E-state index in [9.17, 15) is 13.2 Å². The lowest BCUT2D eigenvalue weighted by Gasteiger charge is -2.34. The Balaban J connectivity index is 1.88. The predicted molar refractivity (Wildman–Crippen MR) is 77.7 cm³/mol. The van der Waals surface area contributed by atoms with Crippen LogP contribution in [0.4, 0.5) is 0 Å². The van der Waals surface area contributed by atoms with Gasteiger partial charge in [-0.15, -0.1) is 11.6 Å². The number of nitrogens with zero attached hydrogens (tertiary/aromatic N) is 1. The Bertz CT molecular complexity index is 432. The molecule has 7 heteroatoms. The molecule has 1 amide bonds. The highest BCUT2D eigenvalue weighted by atomic mass is 35.5. The number of carbonyl (C=O) groups excluding carboxylic acids is 1. The lowest BCUT2D eigenvalue weighted by atomic mass is 10.1. The first-order valence-corrected chi connectivity index (χ1v) is 9.47. The molecule has 0 aromatic heterocycles. The van der Waals surface area contributed by atoms with Crippen LogP contribution in [0.1, 0.15) is 32.1 Å². The number of rotatable bonds is 4. The normalized spacial score (nSPS) is 27.4. The molecule has 2 rings (SSSR count). The SMILES string of the molecule is O=C(C1CCCCS1(=O)=O)N1CCC(OCCCl)CC1. The third-order valence-corrected chi connectivity index (χ3v) is 6.35. The second-order valence-corrected chi connectivity index (χ2v) is 8.12. The molecule has 2 fully saturated rings. The fourth-order valence-electron chi connectivity index (χ4n) is 2.89. The van der Waals surface area contributed by atoms with E-state index in [0.717, 1.165) is 19.3 Å². The molecule has 2 saturated heterocycles. The molecule has 1 atom stereocenters. The topological polar surface area (TPSA) is 63.7 Å². The molecule has 0 spiro atoms. The predicted octanol–water partition coefficient (Wildman–Crippen LogP) is 1.20. The minimum absolute atomic E-state index is 0.140. The Labute approximate surface area is 125 Å². The first-order chi connectivity index (χ1) is 9.54. The number of likely N-dealkylation sites (tertiary alicyclic amines) is 1. The fraction of sp³-hybridized carbons (Fsp3) is 0.923. The maximum Gasteiger partial charge on any atom is 0.240 e. The van der Waals surface area contributed by atoms with Crippen LogP contribution in [-0.4, -0.2) is 61.9 Å². The van der Waals surface area contributed by atoms with Gasteiger partial charge in [0.1, 0.15) is 5.25 Å². The molecule has 0 aliphatic carbocycles. The lowest BCUT2D eigenvalue weighted by molar-refractivity contribution is -0.133. The monoisotopic (exact) mass is 323 g/mol. The molecule has 20 heavy (non-hydrogen) atoms. The van der Waals surface area contributed by atoms with Crippen LogP contribution in [0.5, 0.6) is 0 Å². The summed E-state index contributed by atoms with van der Waals surface area (Å²) < 4.78 is 29.5. The van der Waals surface area contributed by atoms with Gasteiger partial charge in [-0.1, -0.05) is 6.42 Å². The Morgan fingerprint density at radius 2 is 1.90 bits per heavy atom. The molecule has 2 aliphatic heterocycles. The number of halogens is 1. The van der Waals surface area contributed by atoms with Crippen molar-refractivity contribution in [3.05, 3.63) is 0 Å². The molecule has 0 aromatic rings. The van der Waals surface area contributed by atoms with Crippen molar-refractivity contribution < 1.29 is 17.9 Å². The van der Waals surface area contributed by atoms with Crippen LogP contribution in [0.15, 0.2) is 0 Å². The zero-order valence-electron chi connectivity index (χ0n) is 11.6. The van der Waals surface area contributed by atoms with Gasteiger partial charge in [0.25, 0.3) is 0 Å². The summed E-state index contributed by atoms with van der Waals surface area (Å²) in [7, 11) is -3.24. The smallest absolute Gasteiger partial charge is 0.240 e. The fourth-order valence-corrected chi connectivity index (χ4v) is 4.85. The number of alkyl halides is 1. The average Bonchev–Trinajstić information content (AvgIpc) is 2.44. The van der Waals surface area contributed by atoms with Gasteiger partial charge >= 0.3 is 0 Å². The van der Waals surface area contributed by atoms with E-state index in [0.29, 0.717) is 38.4 Å². The van der Waals surface area contributed by atoms with Crippen LogP contribution in [0.25, 0.3) is 0 Å². The van der Waals surface area contributed by atoms with Gasteiger partial charge in [0, 0.05) is 19.0 Å². The molecule has 2 aliphatic rings. The number of piperidine rings is 1. The highest BCUT2D eigenvalue weighted by Gasteiger charge is 2.38. The van der Waals surface area contributed by atoms with Crippen LogP contribution >= 0.6 is 11.6 Å². The van der Waals surface area contributed by atoms with Gasteiger partial charge in [0.05, 0.1) is 18.5 Å². The lowest BCUT2D eigenvalue weighted by Crippen LogP contribution is -2.49. The third-order valence-electron chi connectivity index (χ3n) is 4.04.